The van der Waals surface area contributed by atoms with Gasteiger partial charge in [-0.3, -0.25) is 9.69 Å². The van der Waals surface area contributed by atoms with Crippen LogP contribution in [0.4, 0.5) is 0 Å². The molecule has 0 aliphatic carbocycles. The van der Waals surface area contributed by atoms with E-state index in [1.54, 1.807) is 6.92 Å². The molecule has 0 aromatic heterocycles. The van der Waals surface area contributed by atoms with Gasteiger partial charge in [0.2, 0.25) is 5.91 Å². The predicted molar refractivity (Wildman–Crippen MR) is 71.1 cm³/mol. The summed E-state index contributed by atoms with van der Waals surface area (Å²) in [5, 5.41) is 0. The molecule has 2 saturated heterocycles. The van der Waals surface area contributed by atoms with E-state index >= 15 is 0 Å². The number of nitrogens with zero attached hydrogens (tertiary/aromatic N) is 2. The highest BCUT2D eigenvalue weighted by molar-refractivity contribution is 5.85. The minimum atomic E-state index is 0. The Morgan fingerprint density at radius 1 is 1.24 bits per heavy atom. The molecule has 3 nitrogen and oxygen atoms in total. The first-order valence-electron chi connectivity index (χ1n) is 6.25. The number of likely N-dealkylation sites (tertiary alicyclic amines) is 2. The lowest BCUT2D eigenvalue weighted by Gasteiger charge is -2.18. The first-order chi connectivity index (χ1) is 7.77. The molecule has 1 amide bonds. The average molecular weight is 257 g/mol. The van der Waals surface area contributed by atoms with E-state index in [1.807, 2.05) is 4.90 Å². The van der Waals surface area contributed by atoms with Crippen LogP contribution in [-0.2, 0) is 4.79 Å². The fourth-order valence-corrected chi connectivity index (χ4v) is 2.51. The molecule has 17 heavy (non-hydrogen) atoms. The molecule has 2 fully saturated rings. The van der Waals surface area contributed by atoms with Crippen LogP contribution < -0.4 is 0 Å². The zero-order valence-corrected chi connectivity index (χ0v) is 11.3. The Labute approximate surface area is 110 Å². The van der Waals surface area contributed by atoms with Gasteiger partial charge in [-0.15, -0.1) is 12.4 Å². The molecule has 2 aliphatic heterocycles. The van der Waals surface area contributed by atoms with Gasteiger partial charge in [0.05, 0.1) is 12.6 Å². The topological polar surface area (TPSA) is 23.6 Å². The van der Waals surface area contributed by atoms with Gasteiger partial charge in [-0.1, -0.05) is 11.8 Å². The molecule has 0 bridgehead atoms. The quantitative estimate of drug-likeness (QED) is 0.664. The maximum atomic E-state index is 11.3. The third kappa shape index (κ3) is 3.90. The van der Waals surface area contributed by atoms with E-state index in [0.717, 1.165) is 25.9 Å². The molecule has 2 aliphatic rings. The summed E-state index contributed by atoms with van der Waals surface area (Å²) in [5.74, 6) is 6.65. The lowest BCUT2D eigenvalue weighted by molar-refractivity contribution is -0.128. The summed E-state index contributed by atoms with van der Waals surface area (Å²) in [6.07, 6.45) is 4.77. The number of rotatable bonds is 1. The average Bonchev–Trinajstić information content (AvgIpc) is 2.87. The van der Waals surface area contributed by atoms with Crippen LogP contribution in [0, 0.1) is 11.8 Å². The van der Waals surface area contributed by atoms with Crippen LogP contribution in [0.15, 0.2) is 0 Å². The second kappa shape index (κ2) is 6.88. The molecule has 0 aromatic rings. The molecule has 0 spiro atoms. The van der Waals surface area contributed by atoms with Crippen molar-refractivity contribution in [1.82, 2.24) is 9.80 Å². The highest BCUT2D eigenvalue weighted by atomic mass is 35.5. The summed E-state index contributed by atoms with van der Waals surface area (Å²) in [6, 6.07) is 0.181. The number of amides is 1. The summed E-state index contributed by atoms with van der Waals surface area (Å²) in [7, 11) is 0. The summed E-state index contributed by atoms with van der Waals surface area (Å²) >= 11 is 0. The number of hydrogen-bond acceptors (Lipinski definition) is 2. The van der Waals surface area contributed by atoms with Crippen molar-refractivity contribution < 1.29 is 4.79 Å². The predicted octanol–water partition coefficient (Wildman–Crippen LogP) is 1.52. The second-order valence-electron chi connectivity index (χ2n) is 4.67. The molecule has 0 aromatic carbocycles. The van der Waals surface area contributed by atoms with Gasteiger partial charge in [-0.2, -0.15) is 0 Å². The Bertz CT molecular complexity index is 315. The van der Waals surface area contributed by atoms with E-state index in [2.05, 4.69) is 16.7 Å². The summed E-state index contributed by atoms with van der Waals surface area (Å²) in [6.45, 7) is 5.78. The molecule has 0 unspecified atom stereocenters. The maximum Gasteiger partial charge on any atom is 0.220 e. The molecule has 96 valence electrons. The van der Waals surface area contributed by atoms with E-state index in [4.69, 9.17) is 0 Å². The van der Waals surface area contributed by atoms with Crippen molar-refractivity contribution in [3.05, 3.63) is 0 Å². The standard InChI is InChI=1S/C13H20N2O.ClH/c1-12(16)15-11-5-7-13(15)6-4-10-14-8-2-3-9-14;/h13H,2-3,5,7-11H2,1H3;1H/t13-;/m0./s1. The Morgan fingerprint density at radius 3 is 2.59 bits per heavy atom. The van der Waals surface area contributed by atoms with Crippen molar-refractivity contribution in [2.45, 2.75) is 38.6 Å². The van der Waals surface area contributed by atoms with Gasteiger partial charge in [-0.25, -0.2) is 0 Å². The number of halogens is 1. The number of carbonyl (C=O) groups excluding carboxylic acids is 1. The van der Waals surface area contributed by atoms with E-state index < -0.39 is 0 Å². The van der Waals surface area contributed by atoms with Gasteiger partial charge in [0.1, 0.15) is 0 Å². The first-order valence-corrected chi connectivity index (χ1v) is 6.25. The fourth-order valence-electron chi connectivity index (χ4n) is 2.51. The SMILES string of the molecule is CC(=O)N1CCC[C@@H]1C#CCN1CCCC1.Cl. The van der Waals surface area contributed by atoms with E-state index in [-0.39, 0.29) is 24.4 Å². The van der Waals surface area contributed by atoms with Crippen molar-refractivity contribution >= 4 is 18.3 Å². The normalized spacial score (nSPS) is 24.1. The van der Waals surface area contributed by atoms with Crippen molar-refractivity contribution in [3.63, 3.8) is 0 Å². The second-order valence-corrected chi connectivity index (χ2v) is 4.67. The Hall–Kier alpha value is -0.720. The van der Waals surface area contributed by atoms with Crippen molar-refractivity contribution in [3.8, 4) is 11.8 Å². The molecule has 1 atom stereocenters. The van der Waals surface area contributed by atoms with Gasteiger partial charge in [0.15, 0.2) is 0 Å². The Balaban J connectivity index is 0.00000144. The number of carbonyl (C=O) groups is 1. The van der Waals surface area contributed by atoms with Crippen LogP contribution in [0.1, 0.15) is 32.6 Å². The largest absolute Gasteiger partial charge is 0.329 e. The molecular weight excluding hydrogens is 236 g/mol. The lowest BCUT2D eigenvalue weighted by atomic mass is 10.2. The molecule has 0 N–H and O–H groups in total. The van der Waals surface area contributed by atoms with Crippen molar-refractivity contribution in [1.29, 1.82) is 0 Å². The first kappa shape index (κ1) is 14.3. The number of hydrogen-bond donors (Lipinski definition) is 0. The molecule has 2 heterocycles. The van der Waals surface area contributed by atoms with Crippen LogP contribution >= 0.6 is 12.4 Å². The smallest absolute Gasteiger partial charge is 0.220 e. The lowest BCUT2D eigenvalue weighted by Crippen LogP contribution is -2.32. The highest BCUT2D eigenvalue weighted by Gasteiger charge is 2.24. The van der Waals surface area contributed by atoms with Gasteiger partial charge in [-0.05, 0) is 38.8 Å². The summed E-state index contributed by atoms with van der Waals surface area (Å²) < 4.78 is 0. The third-order valence-corrected chi connectivity index (χ3v) is 3.43. The zero-order valence-electron chi connectivity index (χ0n) is 10.4. The minimum absolute atomic E-state index is 0. The van der Waals surface area contributed by atoms with Gasteiger partial charge in [0.25, 0.3) is 0 Å². The van der Waals surface area contributed by atoms with Crippen LogP contribution in [0.5, 0.6) is 0 Å². The monoisotopic (exact) mass is 256 g/mol. The van der Waals surface area contributed by atoms with Gasteiger partial charge >= 0.3 is 0 Å². The van der Waals surface area contributed by atoms with Crippen molar-refractivity contribution in [2.24, 2.45) is 0 Å². The van der Waals surface area contributed by atoms with Crippen LogP contribution in [0.3, 0.4) is 0 Å². The third-order valence-electron chi connectivity index (χ3n) is 3.43. The summed E-state index contributed by atoms with van der Waals surface area (Å²) in [4.78, 5) is 15.6. The van der Waals surface area contributed by atoms with Gasteiger partial charge < -0.3 is 4.90 Å². The summed E-state index contributed by atoms with van der Waals surface area (Å²) in [5.41, 5.74) is 0. The molecule has 2 rings (SSSR count). The maximum absolute atomic E-state index is 11.3. The van der Waals surface area contributed by atoms with E-state index in [9.17, 15) is 4.79 Å². The van der Waals surface area contributed by atoms with E-state index in [0.29, 0.717) is 0 Å². The molecule has 4 heteroatoms. The van der Waals surface area contributed by atoms with Crippen LogP contribution in [0.25, 0.3) is 0 Å². The minimum Gasteiger partial charge on any atom is -0.329 e. The van der Waals surface area contributed by atoms with Crippen LogP contribution in [-0.4, -0.2) is 47.9 Å². The van der Waals surface area contributed by atoms with Gasteiger partial charge in [0, 0.05) is 13.5 Å². The van der Waals surface area contributed by atoms with Crippen molar-refractivity contribution in [2.75, 3.05) is 26.2 Å². The molecule has 0 radical (unpaired) electrons. The Kier molecular flexibility index (Phi) is 5.80. The van der Waals surface area contributed by atoms with Crippen LogP contribution in [0.2, 0.25) is 0 Å². The Morgan fingerprint density at radius 2 is 1.94 bits per heavy atom. The highest BCUT2D eigenvalue weighted by Crippen LogP contribution is 2.16. The zero-order chi connectivity index (χ0) is 11.4. The molecular formula is C13H21ClN2O. The van der Waals surface area contributed by atoms with E-state index in [1.165, 1.54) is 25.9 Å². The molecule has 0 saturated carbocycles. The fraction of sp³-hybridized carbons (Fsp3) is 0.769.